The summed E-state index contributed by atoms with van der Waals surface area (Å²) in [7, 11) is -4.88. The molecule has 0 aromatic heterocycles. The van der Waals surface area contributed by atoms with Crippen molar-refractivity contribution in [3.05, 3.63) is 30.3 Å². The summed E-state index contributed by atoms with van der Waals surface area (Å²) in [4.78, 5) is 0. The Kier molecular flexibility index (Phi) is 2.35. The summed E-state index contributed by atoms with van der Waals surface area (Å²) in [5, 5.41) is -1.51. The monoisotopic (exact) mass is 258 g/mol. The average Bonchev–Trinajstić information content (AvgIpc) is 2.28. The van der Waals surface area contributed by atoms with Gasteiger partial charge in [0.2, 0.25) is 0 Å². The zero-order valence-electron chi connectivity index (χ0n) is 11.2. The molecule has 0 radical (unpaired) electrons. The van der Waals surface area contributed by atoms with Gasteiger partial charge in [-0.1, -0.05) is 0 Å². The van der Waals surface area contributed by atoms with Crippen LogP contribution in [0, 0.1) is 5.92 Å². The van der Waals surface area contributed by atoms with Crippen molar-refractivity contribution in [2.75, 3.05) is 0 Å². The normalized spacial score (nSPS) is 34.1. The number of hydrogen-bond acceptors (Lipinski definition) is 0. The number of hydrogen-bond donors (Lipinski definition) is 0. The van der Waals surface area contributed by atoms with Crippen molar-refractivity contribution in [3.8, 4) is 0 Å². The Bertz CT molecular complexity index is 429. The Labute approximate surface area is 103 Å². The SMILES string of the molecule is CC1C(C)(C)P(F)(F)(c2ccccc2)C1(C)C. The first kappa shape index (κ1) is 13.0. The van der Waals surface area contributed by atoms with Crippen LogP contribution in [-0.4, -0.2) is 10.3 Å². The van der Waals surface area contributed by atoms with E-state index < -0.39 is 17.5 Å². The molecule has 0 saturated carbocycles. The van der Waals surface area contributed by atoms with Crippen molar-refractivity contribution >= 4 is 12.5 Å². The van der Waals surface area contributed by atoms with Crippen LogP contribution in [0.15, 0.2) is 30.3 Å². The van der Waals surface area contributed by atoms with Crippen molar-refractivity contribution < 1.29 is 8.39 Å². The molecule has 96 valence electrons. The van der Waals surface area contributed by atoms with Crippen molar-refractivity contribution in [2.24, 2.45) is 5.92 Å². The van der Waals surface area contributed by atoms with Gasteiger partial charge in [-0.3, -0.25) is 0 Å². The summed E-state index contributed by atoms with van der Waals surface area (Å²) in [6.45, 7) is 8.87. The zero-order valence-corrected chi connectivity index (χ0v) is 12.1. The molecule has 0 atom stereocenters. The van der Waals surface area contributed by atoms with Crippen LogP contribution in [0.3, 0.4) is 0 Å². The van der Waals surface area contributed by atoms with Crippen LogP contribution in [0.1, 0.15) is 34.6 Å². The Balaban J connectivity index is 2.70. The summed E-state index contributed by atoms with van der Waals surface area (Å²) in [6, 6.07) is 8.45. The van der Waals surface area contributed by atoms with E-state index in [9.17, 15) is 0 Å². The van der Waals surface area contributed by atoms with Crippen LogP contribution < -0.4 is 5.30 Å². The van der Waals surface area contributed by atoms with Gasteiger partial charge < -0.3 is 0 Å². The molecule has 1 saturated heterocycles. The van der Waals surface area contributed by atoms with E-state index >= 15 is 8.39 Å². The minimum atomic E-state index is -4.88. The van der Waals surface area contributed by atoms with Crippen LogP contribution in [0.5, 0.6) is 0 Å². The predicted octanol–water partition coefficient (Wildman–Crippen LogP) is 4.84. The third kappa shape index (κ3) is 1.07. The summed E-state index contributed by atoms with van der Waals surface area (Å²) in [5.41, 5.74) is 0. The van der Waals surface area contributed by atoms with Gasteiger partial charge in [0, 0.05) is 0 Å². The fourth-order valence-electron chi connectivity index (χ4n) is 3.58. The van der Waals surface area contributed by atoms with Crippen LogP contribution in [0.4, 0.5) is 8.39 Å². The molecule has 17 heavy (non-hydrogen) atoms. The van der Waals surface area contributed by atoms with E-state index in [1.807, 2.05) is 6.92 Å². The van der Waals surface area contributed by atoms with Gasteiger partial charge in [-0.05, 0) is 0 Å². The number of benzene rings is 1. The number of halogens is 2. The molecule has 0 N–H and O–H groups in total. The second-order valence-corrected chi connectivity index (χ2v) is 10.9. The van der Waals surface area contributed by atoms with E-state index in [0.29, 0.717) is 0 Å². The molecule has 2 rings (SSSR count). The van der Waals surface area contributed by atoms with E-state index in [1.165, 1.54) is 0 Å². The van der Waals surface area contributed by atoms with Crippen molar-refractivity contribution in [1.82, 2.24) is 0 Å². The first-order valence-corrected chi connectivity index (χ1v) is 8.09. The third-order valence-corrected chi connectivity index (χ3v) is 11.4. The Morgan fingerprint density at radius 1 is 0.941 bits per heavy atom. The summed E-state index contributed by atoms with van der Waals surface area (Å²) >= 11 is 0. The molecule has 0 bridgehead atoms. The molecular weight excluding hydrogens is 237 g/mol. The molecule has 1 aliphatic heterocycles. The molecule has 1 heterocycles. The average molecular weight is 258 g/mol. The van der Waals surface area contributed by atoms with E-state index in [1.54, 1.807) is 58.0 Å². The van der Waals surface area contributed by atoms with Gasteiger partial charge in [0.05, 0.1) is 0 Å². The summed E-state index contributed by atoms with van der Waals surface area (Å²) in [5.74, 6) is 0.0304. The first-order chi connectivity index (χ1) is 7.57. The van der Waals surface area contributed by atoms with Gasteiger partial charge in [-0.15, -0.1) is 0 Å². The molecule has 1 fully saturated rings. The van der Waals surface area contributed by atoms with Crippen LogP contribution in [0.2, 0.25) is 0 Å². The zero-order chi connectivity index (χ0) is 13.1. The second-order valence-electron chi connectivity index (χ2n) is 6.27. The molecular formula is C14H21F2P. The Morgan fingerprint density at radius 2 is 1.35 bits per heavy atom. The topological polar surface area (TPSA) is 0 Å². The van der Waals surface area contributed by atoms with Crippen molar-refractivity contribution in [2.45, 2.75) is 44.9 Å². The maximum atomic E-state index is 15.6. The van der Waals surface area contributed by atoms with Gasteiger partial charge in [0.1, 0.15) is 0 Å². The van der Waals surface area contributed by atoms with E-state index in [-0.39, 0.29) is 11.2 Å². The van der Waals surface area contributed by atoms with Crippen LogP contribution >= 0.6 is 7.22 Å². The molecule has 1 aliphatic rings. The van der Waals surface area contributed by atoms with Crippen LogP contribution in [0.25, 0.3) is 0 Å². The fraction of sp³-hybridized carbons (Fsp3) is 0.571. The molecule has 0 unspecified atom stereocenters. The molecule has 0 spiro atoms. The Hall–Kier alpha value is -0.490. The molecule has 0 aliphatic carbocycles. The first-order valence-electron chi connectivity index (χ1n) is 6.07. The summed E-state index contributed by atoms with van der Waals surface area (Å²) in [6.07, 6.45) is 0. The van der Waals surface area contributed by atoms with Gasteiger partial charge in [0.15, 0.2) is 0 Å². The number of rotatable bonds is 1. The Morgan fingerprint density at radius 3 is 1.76 bits per heavy atom. The maximum absolute atomic E-state index is 15.6. The quantitative estimate of drug-likeness (QED) is 0.632. The molecule has 1 aromatic carbocycles. The molecule has 3 heteroatoms. The van der Waals surface area contributed by atoms with Crippen molar-refractivity contribution in [3.63, 3.8) is 0 Å². The van der Waals surface area contributed by atoms with E-state index in [2.05, 4.69) is 0 Å². The van der Waals surface area contributed by atoms with Crippen molar-refractivity contribution in [1.29, 1.82) is 0 Å². The predicted molar refractivity (Wildman–Crippen MR) is 72.5 cm³/mol. The van der Waals surface area contributed by atoms with Gasteiger partial charge in [-0.2, -0.15) is 0 Å². The summed E-state index contributed by atoms with van der Waals surface area (Å²) < 4.78 is 31.2. The standard InChI is InChI=1S/C14H21F2P/c1-11-13(2,3)17(15,16,14(11,4)5)12-9-7-6-8-10-12/h6-11H,1-5H3. The molecule has 1 aromatic rings. The van der Waals surface area contributed by atoms with Gasteiger partial charge in [-0.25, -0.2) is 0 Å². The fourth-order valence-corrected chi connectivity index (χ4v) is 8.89. The van der Waals surface area contributed by atoms with Crippen LogP contribution in [-0.2, 0) is 0 Å². The minimum absolute atomic E-state index is 0.0304. The third-order valence-electron chi connectivity index (χ3n) is 5.35. The van der Waals surface area contributed by atoms with Gasteiger partial charge in [0.25, 0.3) is 0 Å². The molecule has 0 nitrogen and oxygen atoms in total. The second kappa shape index (κ2) is 3.09. The van der Waals surface area contributed by atoms with E-state index in [4.69, 9.17) is 0 Å². The van der Waals surface area contributed by atoms with E-state index in [0.717, 1.165) is 0 Å². The van der Waals surface area contributed by atoms with Gasteiger partial charge >= 0.3 is 102 Å². The molecule has 0 amide bonds.